The van der Waals surface area contributed by atoms with Gasteiger partial charge >= 0.3 is 0 Å². The number of hydrogen-bond acceptors (Lipinski definition) is 4. The lowest BCUT2D eigenvalue weighted by atomic mass is 10.4. The first kappa shape index (κ1) is 11.3. The molecule has 1 aromatic heterocycles. The topological polar surface area (TPSA) is 37.8 Å². The predicted octanol–water partition coefficient (Wildman–Crippen LogP) is 2.58. The fourth-order valence-electron chi connectivity index (χ4n) is 1.06. The summed E-state index contributed by atoms with van der Waals surface area (Å²) in [5.74, 6) is 1.81. The van der Waals surface area contributed by atoms with Gasteiger partial charge in [0.25, 0.3) is 0 Å². The van der Waals surface area contributed by atoms with Gasteiger partial charge < -0.3 is 5.32 Å². The van der Waals surface area contributed by atoms with Crippen LogP contribution in [0.25, 0.3) is 0 Å². The van der Waals surface area contributed by atoms with E-state index >= 15 is 0 Å². The Morgan fingerprint density at radius 3 is 2.64 bits per heavy atom. The van der Waals surface area contributed by atoms with Gasteiger partial charge in [0.15, 0.2) is 0 Å². The number of rotatable bonds is 4. The molecule has 0 spiro atoms. The minimum absolute atomic E-state index is 0.555. The van der Waals surface area contributed by atoms with Crippen molar-refractivity contribution in [2.24, 2.45) is 0 Å². The minimum Gasteiger partial charge on any atom is -0.373 e. The first-order chi connectivity index (χ1) is 6.65. The van der Waals surface area contributed by atoms with Crippen molar-refractivity contribution in [1.82, 2.24) is 9.97 Å². The lowest BCUT2D eigenvalue weighted by molar-refractivity contribution is 0.888. The first-order valence-corrected chi connectivity index (χ1v) is 5.76. The molecule has 0 saturated carbocycles. The second-order valence-corrected chi connectivity index (χ2v) is 4.87. The van der Waals surface area contributed by atoms with Crippen LogP contribution in [-0.2, 0) is 6.42 Å². The molecule has 4 heteroatoms. The molecule has 0 aromatic carbocycles. The van der Waals surface area contributed by atoms with Crippen molar-refractivity contribution in [1.29, 1.82) is 0 Å². The van der Waals surface area contributed by atoms with E-state index < -0.39 is 0 Å². The molecule has 0 amide bonds. The quantitative estimate of drug-likeness (QED) is 0.613. The van der Waals surface area contributed by atoms with Crippen molar-refractivity contribution < 1.29 is 0 Å². The van der Waals surface area contributed by atoms with Crippen LogP contribution in [0.4, 0.5) is 5.82 Å². The molecular formula is C10H17N3S. The minimum atomic E-state index is 0.555. The van der Waals surface area contributed by atoms with E-state index in [1.165, 1.54) is 0 Å². The van der Waals surface area contributed by atoms with Crippen molar-refractivity contribution in [2.45, 2.75) is 37.5 Å². The molecule has 1 heterocycles. The van der Waals surface area contributed by atoms with Crippen LogP contribution < -0.4 is 5.32 Å². The van der Waals surface area contributed by atoms with Gasteiger partial charge in [-0.3, -0.25) is 0 Å². The van der Waals surface area contributed by atoms with Crippen LogP contribution in [0.2, 0.25) is 0 Å². The Labute approximate surface area is 89.7 Å². The van der Waals surface area contributed by atoms with Gasteiger partial charge in [-0.25, -0.2) is 9.97 Å². The van der Waals surface area contributed by atoms with E-state index in [9.17, 15) is 0 Å². The monoisotopic (exact) mass is 211 g/mol. The molecule has 0 atom stereocenters. The van der Waals surface area contributed by atoms with Gasteiger partial charge in [-0.05, 0) is 0 Å². The van der Waals surface area contributed by atoms with Crippen molar-refractivity contribution in [3.8, 4) is 0 Å². The molecule has 0 fully saturated rings. The predicted molar refractivity (Wildman–Crippen MR) is 61.9 cm³/mol. The highest BCUT2D eigenvalue weighted by Gasteiger charge is 2.04. The van der Waals surface area contributed by atoms with Gasteiger partial charge in [0.1, 0.15) is 16.7 Å². The van der Waals surface area contributed by atoms with E-state index in [1.54, 1.807) is 11.8 Å². The molecule has 14 heavy (non-hydrogen) atoms. The zero-order valence-corrected chi connectivity index (χ0v) is 9.98. The zero-order valence-electron chi connectivity index (χ0n) is 9.16. The van der Waals surface area contributed by atoms with Crippen molar-refractivity contribution in [3.63, 3.8) is 0 Å². The first-order valence-electron chi connectivity index (χ1n) is 4.88. The Hall–Kier alpha value is -0.770. The SMILES string of the molecule is CCc1nc(NC)cc(SC(C)C)n1. The lowest BCUT2D eigenvalue weighted by Crippen LogP contribution is -2.01. The average molecular weight is 211 g/mol. The number of nitrogens with zero attached hydrogens (tertiary/aromatic N) is 2. The summed E-state index contributed by atoms with van der Waals surface area (Å²) < 4.78 is 0. The fraction of sp³-hybridized carbons (Fsp3) is 0.600. The standard InChI is InChI=1S/C10H17N3S/c1-5-8-12-9(11-4)6-10(13-8)14-7(2)3/h6-7H,5H2,1-4H3,(H,11,12,13). The maximum absolute atomic E-state index is 4.45. The van der Waals surface area contributed by atoms with Gasteiger partial charge in [0, 0.05) is 24.8 Å². The molecule has 1 N–H and O–H groups in total. The van der Waals surface area contributed by atoms with Crippen LogP contribution >= 0.6 is 11.8 Å². The summed E-state index contributed by atoms with van der Waals surface area (Å²) >= 11 is 1.77. The van der Waals surface area contributed by atoms with E-state index in [4.69, 9.17) is 0 Å². The molecule has 0 aliphatic heterocycles. The molecule has 0 aliphatic carbocycles. The summed E-state index contributed by atoms with van der Waals surface area (Å²) in [5.41, 5.74) is 0. The number of anilines is 1. The van der Waals surface area contributed by atoms with Gasteiger partial charge in [-0.1, -0.05) is 20.8 Å². The second kappa shape index (κ2) is 5.20. The number of nitrogens with one attached hydrogen (secondary N) is 1. The molecule has 1 aromatic rings. The smallest absolute Gasteiger partial charge is 0.131 e. The van der Waals surface area contributed by atoms with Crippen molar-refractivity contribution in [2.75, 3.05) is 12.4 Å². The number of aromatic nitrogens is 2. The van der Waals surface area contributed by atoms with Crippen LogP contribution in [0.15, 0.2) is 11.1 Å². The third-order valence-corrected chi connectivity index (χ3v) is 2.60. The Morgan fingerprint density at radius 1 is 1.43 bits per heavy atom. The van der Waals surface area contributed by atoms with Crippen LogP contribution in [0.5, 0.6) is 0 Å². The summed E-state index contributed by atoms with van der Waals surface area (Å²) in [7, 11) is 1.88. The van der Waals surface area contributed by atoms with Gasteiger partial charge in [-0.2, -0.15) is 0 Å². The van der Waals surface area contributed by atoms with Crippen LogP contribution in [0.1, 0.15) is 26.6 Å². The highest BCUT2D eigenvalue weighted by atomic mass is 32.2. The molecule has 0 saturated heterocycles. The maximum Gasteiger partial charge on any atom is 0.131 e. The number of aryl methyl sites for hydroxylation is 1. The highest BCUT2D eigenvalue weighted by Crippen LogP contribution is 2.22. The van der Waals surface area contributed by atoms with Crippen LogP contribution in [0, 0.1) is 0 Å². The number of hydrogen-bond donors (Lipinski definition) is 1. The highest BCUT2D eigenvalue weighted by molar-refractivity contribution is 7.99. The maximum atomic E-state index is 4.45. The third-order valence-electron chi connectivity index (χ3n) is 1.68. The third kappa shape index (κ3) is 3.18. The Morgan fingerprint density at radius 2 is 2.14 bits per heavy atom. The summed E-state index contributed by atoms with van der Waals surface area (Å²) in [4.78, 5) is 8.79. The molecule has 0 radical (unpaired) electrons. The number of thioether (sulfide) groups is 1. The Kier molecular flexibility index (Phi) is 4.20. The Bertz CT molecular complexity index is 277. The van der Waals surface area contributed by atoms with E-state index in [1.807, 2.05) is 13.1 Å². The van der Waals surface area contributed by atoms with Crippen molar-refractivity contribution >= 4 is 17.6 Å². The average Bonchev–Trinajstić information content (AvgIpc) is 2.16. The summed E-state index contributed by atoms with van der Waals surface area (Å²) in [6.07, 6.45) is 0.876. The molecular weight excluding hydrogens is 194 g/mol. The molecule has 78 valence electrons. The fourth-order valence-corrected chi connectivity index (χ4v) is 1.88. The van der Waals surface area contributed by atoms with Crippen LogP contribution in [-0.4, -0.2) is 22.3 Å². The van der Waals surface area contributed by atoms with E-state index in [2.05, 4.69) is 36.1 Å². The molecule has 1 rings (SSSR count). The van der Waals surface area contributed by atoms with E-state index in [0.29, 0.717) is 5.25 Å². The molecule has 3 nitrogen and oxygen atoms in total. The normalized spacial score (nSPS) is 10.6. The second-order valence-electron chi connectivity index (χ2n) is 3.28. The summed E-state index contributed by atoms with van der Waals surface area (Å²) in [6.45, 7) is 6.40. The zero-order chi connectivity index (χ0) is 10.6. The summed E-state index contributed by atoms with van der Waals surface area (Å²) in [6, 6.07) is 1.99. The Balaban J connectivity index is 2.92. The largest absolute Gasteiger partial charge is 0.373 e. The van der Waals surface area contributed by atoms with E-state index in [0.717, 1.165) is 23.1 Å². The van der Waals surface area contributed by atoms with Crippen molar-refractivity contribution in [3.05, 3.63) is 11.9 Å². The van der Waals surface area contributed by atoms with Gasteiger partial charge in [0.2, 0.25) is 0 Å². The molecule has 0 bridgehead atoms. The molecule has 0 aliphatic rings. The summed E-state index contributed by atoms with van der Waals surface area (Å²) in [5, 5.41) is 4.66. The van der Waals surface area contributed by atoms with E-state index in [-0.39, 0.29) is 0 Å². The molecule has 0 unspecified atom stereocenters. The lowest BCUT2D eigenvalue weighted by Gasteiger charge is -2.07. The van der Waals surface area contributed by atoms with Crippen LogP contribution in [0.3, 0.4) is 0 Å². The van der Waals surface area contributed by atoms with Gasteiger partial charge in [0.05, 0.1) is 0 Å². The van der Waals surface area contributed by atoms with Gasteiger partial charge in [-0.15, -0.1) is 11.8 Å².